The number of benzene rings is 2. The van der Waals surface area contributed by atoms with E-state index < -0.39 is 11.9 Å². The van der Waals surface area contributed by atoms with E-state index in [2.05, 4.69) is 33.9 Å². The minimum atomic E-state index is -0.990. The van der Waals surface area contributed by atoms with Crippen molar-refractivity contribution in [3.8, 4) is 17.1 Å². The van der Waals surface area contributed by atoms with Crippen molar-refractivity contribution in [2.75, 3.05) is 18.4 Å². The van der Waals surface area contributed by atoms with Gasteiger partial charge in [-0.05, 0) is 79.1 Å². The fourth-order valence-electron chi connectivity index (χ4n) is 4.67. The van der Waals surface area contributed by atoms with Gasteiger partial charge in [-0.1, -0.05) is 44.2 Å². The second-order valence-corrected chi connectivity index (χ2v) is 11.7. The van der Waals surface area contributed by atoms with Crippen molar-refractivity contribution in [1.82, 2.24) is 20.3 Å². The molecular weight excluding hydrogens is 578 g/mol. The molecule has 3 N–H and O–H groups in total. The topological polar surface area (TPSA) is 136 Å². The van der Waals surface area contributed by atoms with Crippen LogP contribution in [0.15, 0.2) is 71.8 Å². The second-order valence-electron chi connectivity index (χ2n) is 10.8. The van der Waals surface area contributed by atoms with E-state index in [0.29, 0.717) is 35.8 Å². The molecule has 10 nitrogen and oxygen atoms in total. The van der Waals surface area contributed by atoms with E-state index in [0.717, 1.165) is 34.4 Å². The summed E-state index contributed by atoms with van der Waals surface area (Å²) in [5.41, 5.74) is 5.27. The molecule has 0 saturated carbocycles. The number of esters is 1. The average Bonchev–Trinajstić information content (AvgIpc) is 3.01. The van der Waals surface area contributed by atoms with Crippen molar-refractivity contribution in [1.29, 1.82) is 0 Å². The van der Waals surface area contributed by atoms with Crippen molar-refractivity contribution < 1.29 is 24.2 Å². The van der Waals surface area contributed by atoms with E-state index in [1.807, 2.05) is 50.2 Å². The molecule has 0 fully saturated rings. The molecule has 230 valence electrons. The zero-order valence-electron chi connectivity index (χ0n) is 25.5. The van der Waals surface area contributed by atoms with E-state index in [9.17, 15) is 14.7 Å². The predicted octanol–water partition coefficient (Wildman–Crippen LogP) is 6.34. The van der Waals surface area contributed by atoms with Gasteiger partial charge in [0.2, 0.25) is 11.8 Å². The number of carbonyl (C=O) groups is 2. The van der Waals surface area contributed by atoms with E-state index >= 15 is 0 Å². The molecule has 4 rings (SSSR count). The van der Waals surface area contributed by atoms with E-state index in [-0.39, 0.29) is 17.3 Å². The first-order chi connectivity index (χ1) is 21.1. The number of hydrogen-bond donors (Lipinski definition) is 3. The number of carboxylic acids is 1. The van der Waals surface area contributed by atoms with Gasteiger partial charge in [-0.3, -0.25) is 4.72 Å². The second kappa shape index (κ2) is 15.3. The third-order valence-electron chi connectivity index (χ3n) is 6.78. The number of carbonyl (C=O) groups excluding carboxylic acids is 1. The predicted molar refractivity (Wildman–Crippen MR) is 171 cm³/mol. The molecule has 1 atom stereocenters. The summed E-state index contributed by atoms with van der Waals surface area (Å²) in [6.45, 7) is 9.31. The van der Waals surface area contributed by atoms with E-state index in [1.165, 1.54) is 19.1 Å². The van der Waals surface area contributed by atoms with Crippen molar-refractivity contribution in [3.05, 3.63) is 94.8 Å². The minimum Gasteiger partial charge on any atom is -0.478 e. The molecular formula is C33H37N5O5S. The molecule has 0 amide bonds. The third-order valence-corrected chi connectivity index (χ3v) is 7.56. The molecule has 11 heteroatoms. The van der Waals surface area contributed by atoms with Crippen LogP contribution in [0.4, 0.5) is 5.95 Å². The highest BCUT2D eigenvalue weighted by atomic mass is 32.2. The van der Waals surface area contributed by atoms with Gasteiger partial charge in [0.1, 0.15) is 12.3 Å². The molecule has 0 saturated heterocycles. The Balaban J connectivity index is 1.53. The molecule has 44 heavy (non-hydrogen) atoms. The average molecular weight is 616 g/mol. The molecule has 0 unspecified atom stereocenters. The van der Waals surface area contributed by atoms with Crippen LogP contribution in [0.2, 0.25) is 0 Å². The fraction of sp³-hybridized carbons (Fsp3) is 0.303. The smallest absolute Gasteiger partial charge is 0.356 e. The minimum absolute atomic E-state index is 0.0124. The van der Waals surface area contributed by atoms with Gasteiger partial charge in [0.25, 0.3) is 0 Å². The Morgan fingerprint density at radius 3 is 2.41 bits per heavy atom. The van der Waals surface area contributed by atoms with Crippen LogP contribution in [-0.4, -0.2) is 51.8 Å². The molecule has 2 aromatic carbocycles. The number of aromatic carboxylic acids is 1. The molecule has 4 aromatic rings. The lowest BCUT2D eigenvalue weighted by Crippen LogP contribution is -2.35. The lowest BCUT2D eigenvalue weighted by atomic mass is 10.00. The number of hydrogen-bond acceptors (Lipinski definition) is 10. The summed E-state index contributed by atoms with van der Waals surface area (Å²) in [7, 11) is 1.33. The number of nitrogens with one attached hydrogen (secondary N) is 2. The Hall–Kier alpha value is -4.48. The summed E-state index contributed by atoms with van der Waals surface area (Å²) in [6, 6.07) is 18.1. The standard InChI is InChI=1S/C33H37N5O5S/c1-20(2)14-25(34-17-23-12-13-27(35-18-23)32(41)42-5)19-43-29-16-28(30-21(3)8-6-9-22(30)4)36-33(37-29)38-44-26-11-7-10-24(15-26)31(39)40/h6-13,15-16,18,20,25,34H,14,17,19H2,1-5H3,(H,39,40)(H,36,37,38)/t25-/m1/s1. The molecule has 0 bridgehead atoms. The van der Waals surface area contributed by atoms with Gasteiger partial charge in [-0.2, -0.15) is 4.98 Å². The largest absolute Gasteiger partial charge is 0.478 e. The SMILES string of the molecule is COC(=O)c1ccc(CN[C@@H](COc2cc(-c3c(C)cccc3C)nc(NSc3cccc(C(=O)O)c3)n2)CC(C)C)cn1. The first kappa shape index (κ1) is 32.4. The highest BCUT2D eigenvalue weighted by Crippen LogP contribution is 2.30. The summed E-state index contributed by atoms with van der Waals surface area (Å²) in [4.78, 5) is 37.4. The highest BCUT2D eigenvalue weighted by Gasteiger charge is 2.16. The van der Waals surface area contributed by atoms with Gasteiger partial charge in [-0.15, -0.1) is 0 Å². The van der Waals surface area contributed by atoms with Crippen LogP contribution in [0.25, 0.3) is 11.3 Å². The maximum absolute atomic E-state index is 11.7. The monoisotopic (exact) mass is 615 g/mol. The van der Waals surface area contributed by atoms with Crippen molar-refractivity contribution in [3.63, 3.8) is 0 Å². The van der Waals surface area contributed by atoms with Crippen LogP contribution >= 0.6 is 11.9 Å². The van der Waals surface area contributed by atoms with Gasteiger partial charge in [0.15, 0.2) is 0 Å². The molecule has 2 aromatic heterocycles. The lowest BCUT2D eigenvalue weighted by Gasteiger charge is -2.21. The van der Waals surface area contributed by atoms with Gasteiger partial charge in [0.05, 0.1) is 18.4 Å². The van der Waals surface area contributed by atoms with Crippen molar-refractivity contribution in [2.24, 2.45) is 5.92 Å². The number of rotatable bonds is 14. The number of aromatic nitrogens is 3. The van der Waals surface area contributed by atoms with Crippen LogP contribution < -0.4 is 14.8 Å². The van der Waals surface area contributed by atoms with Crippen molar-refractivity contribution in [2.45, 2.75) is 51.6 Å². The lowest BCUT2D eigenvalue weighted by molar-refractivity contribution is 0.0593. The Bertz CT molecular complexity index is 1580. The van der Waals surface area contributed by atoms with Crippen molar-refractivity contribution >= 4 is 29.8 Å². The number of pyridine rings is 1. The molecule has 2 heterocycles. The maximum Gasteiger partial charge on any atom is 0.356 e. The Morgan fingerprint density at radius 2 is 1.75 bits per heavy atom. The van der Waals surface area contributed by atoms with Crippen LogP contribution in [0.5, 0.6) is 5.88 Å². The molecule has 0 spiro atoms. The Labute approximate surface area is 261 Å². The van der Waals surface area contributed by atoms with E-state index in [4.69, 9.17) is 14.5 Å². The first-order valence-corrected chi connectivity index (χ1v) is 15.1. The number of ether oxygens (including phenoxy) is 2. The summed E-state index contributed by atoms with van der Waals surface area (Å²) in [5, 5.41) is 12.9. The Kier molecular flexibility index (Phi) is 11.3. The summed E-state index contributed by atoms with van der Waals surface area (Å²) in [6.07, 6.45) is 2.53. The van der Waals surface area contributed by atoms with Gasteiger partial charge in [0, 0.05) is 35.3 Å². The first-order valence-electron chi connectivity index (χ1n) is 14.2. The molecule has 0 aliphatic carbocycles. The normalized spacial score (nSPS) is 11.7. The van der Waals surface area contributed by atoms with Gasteiger partial charge < -0.3 is 19.9 Å². The number of aryl methyl sites for hydroxylation is 2. The third kappa shape index (κ3) is 9.01. The number of methoxy groups -OCH3 is 1. The zero-order valence-corrected chi connectivity index (χ0v) is 26.3. The number of anilines is 1. The van der Waals surface area contributed by atoms with Crippen LogP contribution in [0.3, 0.4) is 0 Å². The molecule has 0 radical (unpaired) electrons. The fourth-order valence-corrected chi connectivity index (χ4v) is 5.30. The summed E-state index contributed by atoms with van der Waals surface area (Å²) >= 11 is 1.23. The maximum atomic E-state index is 11.7. The molecule has 0 aliphatic heterocycles. The quantitative estimate of drug-likeness (QED) is 0.108. The van der Waals surface area contributed by atoms with E-state index in [1.54, 1.807) is 30.5 Å². The Morgan fingerprint density at radius 1 is 1.00 bits per heavy atom. The summed E-state index contributed by atoms with van der Waals surface area (Å²) in [5.74, 6) is -0.283. The summed E-state index contributed by atoms with van der Waals surface area (Å²) < 4.78 is 14.2. The van der Waals surface area contributed by atoms with Crippen LogP contribution in [0, 0.1) is 19.8 Å². The van der Waals surface area contributed by atoms with Gasteiger partial charge >= 0.3 is 11.9 Å². The highest BCUT2D eigenvalue weighted by molar-refractivity contribution is 8.00. The van der Waals surface area contributed by atoms with Crippen LogP contribution in [0.1, 0.15) is 57.8 Å². The molecule has 0 aliphatic rings. The van der Waals surface area contributed by atoms with Gasteiger partial charge in [-0.25, -0.2) is 19.6 Å². The number of nitrogens with zero attached hydrogens (tertiary/aromatic N) is 3. The van der Waals surface area contributed by atoms with Crippen LogP contribution in [-0.2, 0) is 11.3 Å². The zero-order chi connectivity index (χ0) is 31.6. The number of carboxylic acid groups (broad SMARTS) is 1.